The van der Waals surface area contributed by atoms with Gasteiger partial charge in [-0.15, -0.1) is 0 Å². The van der Waals surface area contributed by atoms with E-state index in [-0.39, 0.29) is 11.4 Å². The number of hydrogen-bond acceptors (Lipinski definition) is 4. The zero-order valence-corrected chi connectivity index (χ0v) is 10.1. The lowest BCUT2D eigenvalue weighted by atomic mass is 10.3. The molecule has 92 valence electrons. The van der Waals surface area contributed by atoms with E-state index >= 15 is 0 Å². The van der Waals surface area contributed by atoms with Crippen molar-refractivity contribution in [2.45, 2.75) is 9.79 Å². The van der Waals surface area contributed by atoms with E-state index in [4.69, 9.17) is 11.5 Å². The van der Waals surface area contributed by atoms with E-state index in [1.807, 2.05) is 0 Å². The predicted molar refractivity (Wildman–Crippen MR) is 67.7 cm³/mol. The molecule has 0 saturated carbocycles. The summed E-state index contributed by atoms with van der Waals surface area (Å²) >= 11 is 1.30. The second-order valence-corrected chi connectivity index (χ2v) is 4.67. The summed E-state index contributed by atoms with van der Waals surface area (Å²) in [7, 11) is 0. The minimum absolute atomic E-state index is 0.104. The number of anilines is 1. The Morgan fingerprint density at radius 2 is 1.94 bits per heavy atom. The third-order valence-corrected chi connectivity index (χ3v) is 3.17. The van der Waals surface area contributed by atoms with Gasteiger partial charge < -0.3 is 11.5 Å². The van der Waals surface area contributed by atoms with Crippen molar-refractivity contribution in [1.82, 2.24) is 4.98 Å². The molecule has 6 heteroatoms. The average molecular weight is 263 g/mol. The van der Waals surface area contributed by atoms with Crippen LogP contribution in [-0.2, 0) is 0 Å². The minimum atomic E-state index is -0.596. The number of aromatic nitrogens is 1. The van der Waals surface area contributed by atoms with Crippen LogP contribution < -0.4 is 11.5 Å². The smallest absolute Gasteiger partial charge is 0.267 e. The molecule has 0 aliphatic rings. The van der Waals surface area contributed by atoms with Crippen LogP contribution in [0.1, 0.15) is 10.5 Å². The first-order valence-corrected chi connectivity index (χ1v) is 5.86. The maximum atomic E-state index is 13.3. The van der Waals surface area contributed by atoms with Gasteiger partial charge in [0.25, 0.3) is 5.91 Å². The normalized spacial score (nSPS) is 10.3. The van der Waals surface area contributed by atoms with Gasteiger partial charge in [0.2, 0.25) is 0 Å². The minimum Gasteiger partial charge on any atom is -0.396 e. The highest BCUT2D eigenvalue weighted by atomic mass is 32.2. The Kier molecular flexibility index (Phi) is 3.47. The van der Waals surface area contributed by atoms with Crippen LogP contribution in [0.3, 0.4) is 0 Å². The highest BCUT2D eigenvalue weighted by Crippen LogP contribution is 2.29. The number of amides is 1. The molecule has 2 rings (SSSR count). The number of nitrogens with two attached hydrogens (primary N) is 2. The summed E-state index contributed by atoms with van der Waals surface area (Å²) in [5, 5.41) is 0. The molecule has 0 unspecified atom stereocenters. The van der Waals surface area contributed by atoms with Crippen LogP contribution in [0, 0.1) is 5.82 Å². The largest absolute Gasteiger partial charge is 0.396 e. The van der Waals surface area contributed by atoms with Crippen LogP contribution in [0.2, 0.25) is 0 Å². The van der Waals surface area contributed by atoms with E-state index < -0.39 is 11.7 Å². The third kappa shape index (κ3) is 2.78. The molecule has 1 heterocycles. The van der Waals surface area contributed by atoms with E-state index in [0.29, 0.717) is 4.90 Å². The molecule has 0 aliphatic carbocycles. The van der Waals surface area contributed by atoms with Crippen molar-refractivity contribution in [3.05, 3.63) is 48.0 Å². The highest BCUT2D eigenvalue weighted by Gasteiger charge is 2.06. The second kappa shape index (κ2) is 5.05. The van der Waals surface area contributed by atoms with Crippen molar-refractivity contribution >= 4 is 23.4 Å². The van der Waals surface area contributed by atoms with Crippen molar-refractivity contribution in [3.63, 3.8) is 0 Å². The molecule has 2 aromatic rings. The van der Waals surface area contributed by atoms with Crippen LogP contribution in [0.15, 0.2) is 46.3 Å². The predicted octanol–water partition coefficient (Wildman–Crippen LogP) is 2.05. The highest BCUT2D eigenvalue weighted by molar-refractivity contribution is 7.99. The molecule has 1 amide bonds. The fraction of sp³-hybridized carbons (Fsp3) is 0. The van der Waals surface area contributed by atoms with Crippen molar-refractivity contribution in [1.29, 1.82) is 0 Å². The van der Waals surface area contributed by atoms with Crippen molar-refractivity contribution in [3.8, 4) is 0 Å². The second-order valence-electron chi connectivity index (χ2n) is 3.53. The lowest BCUT2D eigenvalue weighted by Gasteiger charge is -2.04. The molecule has 0 fully saturated rings. The molecule has 0 radical (unpaired) electrons. The van der Waals surface area contributed by atoms with Crippen LogP contribution in [0.25, 0.3) is 0 Å². The van der Waals surface area contributed by atoms with E-state index in [1.54, 1.807) is 18.2 Å². The van der Waals surface area contributed by atoms with Gasteiger partial charge >= 0.3 is 0 Å². The maximum Gasteiger partial charge on any atom is 0.267 e. The number of benzene rings is 1. The van der Waals surface area contributed by atoms with Gasteiger partial charge in [-0.3, -0.25) is 9.78 Å². The Morgan fingerprint density at radius 3 is 2.61 bits per heavy atom. The molecule has 0 atom stereocenters. The number of hydrogen-bond donors (Lipinski definition) is 2. The van der Waals surface area contributed by atoms with Crippen molar-refractivity contribution in [2.75, 3.05) is 5.73 Å². The molecule has 0 bridgehead atoms. The Bertz CT molecular complexity index is 604. The number of halogens is 1. The van der Waals surface area contributed by atoms with E-state index in [0.717, 1.165) is 4.90 Å². The molecule has 18 heavy (non-hydrogen) atoms. The monoisotopic (exact) mass is 263 g/mol. The third-order valence-electron chi connectivity index (χ3n) is 2.19. The number of rotatable bonds is 3. The fourth-order valence-corrected chi connectivity index (χ4v) is 2.19. The molecule has 1 aromatic heterocycles. The summed E-state index contributed by atoms with van der Waals surface area (Å²) in [6.07, 6.45) is 1.48. The zero-order chi connectivity index (χ0) is 13.1. The Hall–Kier alpha value is -2.08. The van der Waals surface area contributed by atoms with Gasteiger partial charge in [0.1, 0.15) is 11.5 Å². The SMILES string of the molecule is NC(=O)c1cc(Sc2ccc(N)c(F)c2)ccn1. The maximum absolute atomic E-state index is 13.3. The molecule has 4 N–H and O–H groups in total. The quantitative estimate of drug-likeness (QED) is 0.830. The molecular weight excluding hydrogens is 253 g/mol. The van der Waals surface area contributed by atoms with Crippen LogP contribution >= 0.6 is 11.8 Å². The van der Waals surface area contributed by atoms with Crippen LogP contribution in [-0.4, -0.2) is 10.9 Å². The average Bonchev–Trinajstić information content (AvgIpc) is 2.34. The number of pyridine rings is 1. The summed E-state index contributed by atoms with van der Waals surface area (Å²) in [4.78, 5) is 16.2. The molecule has 0 saturated heterocycles. The van der Waals surface area contributed by atoms with Gasteiger partial charge in [0.05, 0.1) is 5.69 Å². The summed E-state index contributed by atoms with van der Waals surface area (Å²) in [6.45, 7) is 0. The Morgan fingerprint density at radius 1 is 1.22 bits per heavy atom. The van der Waals surface area contributed by atoms with Crippen LogP contribution in [0.4, 0.5) is 10.1 Å². The van der Waals surface area contributed by atoms with Gasteiger partial charge in [-0.1, -0.05) is 11.8 Å². The fourth-order valence-electron chi connectivity index (χ4n) is 1.32. The number of carbonyl (C=O) groups excluding carboxylic acids is 1. The number of primary amides is 1. The summed E-state index contributed by atoms with van der Waals surface area (Å²) in [6, 6.07) is 7.80. The van der Waals surface area contributed by atoms with Gasteiger partial charge in [-0.2, -0.15) is 0 Å². The molecular formula is C12H10FN3OS. The molecule has 0 spiro atoms. The topological polar surface area (TPSA) is 82.0 Å². The molecule has 4 nitrogen and oxygen atoms in total. The summed E-state index contributed by atoms with van der Waals surface area (Å²) in [5.74, 6) is -1.06. The summed E-state index contributed by atoms with van der Waals surface area (Å²) in [5.41, 5.74) is 10.8. The van der Waals surface area contributed by atoms with E-state index in [9.17, 15) is 9.18 Å². The Balaban J connectivity index is 2.25. The number of nitrogen functional groups attached to an aromatic ring is 1. The lowest BCUT2D eigenvalue weighted by molar-refractivity contribution is 0.0995. The van der Waals surface area contributed by atoms with Gasteiger partial charge in [0.15, 0.2) is 0 Å². The first kappa shape index (κ1) is 12.4. The Labute approximate surface area is 107 Å². The van der Waals surface area contributed by atoms with Gasteiger partial charge in [-0.05, 0) is 30.3 Å². The zero-order valence-electron chi connectivity index (χ0n) is 9.26. The number of nitrogens with zero attached hydrogens (tertiary/aromatic N) is 1. The first-order chi connectivity index (χ1) is 8.56. The van der Waals surface area contributed by atoms with Crippen LogP contribution in [0.5, 0.6) is 0 Å². The van der Waals surface area contributed by atoms with E-state index in [2.05, 4.69) is 4.98 Å². The molecule has 0 aliphatic heterocycles. The number of carbonyl (C=O) groups is 1. The van der Waals surface area contributed by atoms with Crippen molar-refractivity contribution in [2.24, 2.45) is 5.73 Å². The molecule has 1 aromatic carbocycles. The van der Waals surface area contributed by atoms with Gasteiger partial charge in [-0.25, -0.2) is 4.39 Å². The first-order valence-electron chi connectivity index (χ1n) is 5.05. The van der Waals surface area contributed by atoms with Crippen molar-refractivity contribution < 1.29 is 9.18 Å². The van der Waals surface area contributed by atoms with Gasteiger partial charge in [0, 0.05) is 16.0 Å². The van der Waals surface area contributed by atoms with E-state index in [1.165, 1.54) is 30.1 Å². The summed E-state index contributed by atoms with van der Waals surface area (Å²) < 4.78 is 13.3. The standard InChI is InChI=1S/C12H10FN3OS/c13-9-5-7(1-2-10(9)14)18-8-3-4-16-11(6-8)12(15)17/h1-6H,14H2,(H2,15,17). The lowest BCUT2D eigenvalue weighted by Crippen LogP contribution is -2.12.